The predicted molar refractivity (Wildman–Crippen MR) is 212 cm³/mol. The van der Waals surface area contributed by atoms with E-state index in [-0.39, 0.29) is 0 Å². The van der Waals surface area contributed by atoms with Crippen molar-refractivity contribution in [1.82, 2.24) is 9.97 Å². The number of fused-ring (bicyclic) bond motifs is 5. The van der Waals surface area contributed by atoms with E-state index in [0.29, 0.717) is 5.82 Å². The normalized spacial score (nSPS) is 11.5. The zero-order chi connectivity index (χ0) is 33.7. The van der Waals surface area contributed by atoms with Gasteiger partial charge in [0.25, 0.3) is 0 Å². The van der Waals surface area contributed by atoms with Gasteiger partial charge in [-0.25, -0.2) is 9.97 Å². The number of hydrogen-bond acceptors (Lipinski definition) is 3. The molecule has 0 aliphatic heterocycles. The summed E-state index contributed by atoms with van der Waals surface area (Å²) in [6, 6.07) is 63.8. The van der Waals surface area contributed by atoms with E-state index in [9.17, 15) is 0 Å². The number of benzene rings is 8. The molecule has 238 valence electrons. The Morgan fingerprint density at radius 1 is 0.353 bits per heavy atom. The highest BCUT2D eigenvalue weighted by molar-refractivity contribution is 6.18. The van der Waals surface area contributed by atoms with Crippen LogP contribution < -0.4 is 0 Å². The minimum absolute atomic E-state index is 0.671. The average molecular weight is 651 g/mol. The Balaban J connectivity index is 1.19. The number of rotatable bonds is 5. The second-order valence-corrected chi connectivity index (χ2v) is 13.0. The maximum absolute atomic E-state index is 6.84. The quantitative estimate of drug-likeness (QED) is 0.186. The third-order valence-electron chi connectivity index (χ3n) is 9.85. The molecule has 0 atom stereocenters. The van der Waals surface area contributed by atoms with Crippen LogP contribution in [0.5, 0.6) is 0 Å². The standard InChI is InChI=1S/C48H30N2O/c1-4-12-31(13-5-1)36-20-21-38-27-39(23-22-37(38)26-36)43-30-44(50-48(49-43)33-16-8-3-9-17-33)41-25-24-40(32-14-6-2-7-15-32)46-42-28-34-18-10-11-19-35(34)29-45(42)51-47(41)46/h1-30H. The van der Waals surface area contributed by atoms with Gasteiger partial charge < -0.3 is 4.42 Å². The maximum atomic E-state index is 6.84. The number of nitrogens with zero attached hydrogens (tertiary/aromatic N) is 2. The summed E-state index contributed by atoms with van der Waals surface area (Å²) in [6.07, 6.45) is 0. The molecule has 2 aromatic heterocycles. The highest BCUT2D eigenvalue weighted by Gasteiger charge is 2.20. The Bertz CT molecular complexity index is 2890. The maximum Gasteiger partial charge on any atom is 0.160 e. The van der Waals surface area contributed by atoms with Gasteiger partial charge in [-0.1, -0.05) is 146 Å². The molecule has 10 rings (SSSR count). The zero-order valence-corrected chi connectivity index (χ0v) is 27.6. The molecular weight excluding hydrogens is 621 g/mol. The molecule has 3 nitrogen and oxygen atoms in total. The highest BCUT2D eigenvalue weighted by atomic mass is 16.3. The van der Waals surface area contributed by atoms with Crippen LogP contribution in [-0.4, -0.2) is 9.97 Å². The number of aromatic nitrogens is 2. The molecule has 8 aromatic carbocycles. The molecule has 0 radical (unpaired) electrons. The first-order valence-electron chi connectivity index (χ1n) is 17.2. The molecule has 3 heteroatoms. The van der Waals surface area contributed by atoms with Crippen LogP contribution in [0.2, 0.25) is 0 Å². The summed E-state index contributed by atoms with van der Waals surface area (Å²) in [5, 5.41) is 6.85. The molecule has 0 aliphatic carbocycles. The Kier molecular flexibility index (Phi) is 6.81. The lowest BCUT2D eigenvalue weighted by molar-refractivity contribution is 0.670. The van der Waals surface area contributed by atoms with Gasteiger partial charge in [0.05, 0.1) is 11.4 Å². The highest BCUT2D eigenvalue weighted by Crippen LogP contribution is 2.43. The Hall–Kier alpha value is -6.84. The molecule has 0 spiro atoms. The van der Waals surface area contributed by atoms with Crippen LogP contribution in [0.3, 0.4) is 0 Å². The van der Waals surface area contributed by atoms with Crippen LogP contribution >= 0.6 is 0 Å². The molecule has 0 N–H and O–H groups in total. The van der Waals surface area contributed by atoms with Gasteiger partial charge in [-0.15, -0.1) is 0 Å². The minimum Gasteiger partial charge on any atom is -0.455 e. The van der Waals surface area contributed by atoms with Crippen molar-refractivity contribution in [2.75, 3.05) is 0 Å². The van der Waals surface area contributed by atoms with E-state index in [1.54, 1.807) is 0 Å². The third kappa shape index (κ3) is 5.15. The van der Waals surface area contributed by atoms with Crippen molar-refractivity contribution < 1.29 is 4.42 Å². The monoisotopic (exact) mass is 650 g/mol. The topological polar surface area (TPSA) is 38.9 Å². The summed E-state index contributed by atoms with van der Waals surface area (Å²) < 4.78 is 6.84. The van der Waals surface area contributed by atoms with Gasteiger partial charge in [-0.05, 0) is 80.2 Å². The van der Waals surface area contributed by atoms with Gasteiger partial charge in [-0.2, -0.15) is 0 Å². The fraction of sp³-hybridized carbons (Fsp3) is 0. The van der Waals surface area contributed by atoms with Crippen molar-refractivity contribution in [3.8, 4) is 56.2 Å². The van der Waals surface area contributed by atoms with Crippen molar-refractivity contribution in [3.63, 3.8) is 0 Å². The van der Waals surface area contributed by atoms with Crippen LogP contribution in [0.1, 0.15) is 0 Å². The fourth-order valence-electron chi connectivity index (χ4n) is 7.29. The second-order valence-electron chi connectivity index (χ2n) is 13.0. The molecule has 0 saturated carbocycles. The molecule has 0 bridgehead atoms. The fourth-order valence-corrected chi connectivity index (χ4v) is 7.29. The van der Waals surface area contributed by atoms with E-state index in [2.05, 4.69) is 164 Å². The van der Waals surface area contributed by atoms with Crippen molar-refractivity contribution in [3.05, 3.63) is 182 Å². The lowest BCUT2D eigenvalue weighted by Crippen LogP contribution is -1.96. The van der Waals surface area contributed by atoms with Crippen molar-refractivity contribution in [2.45, 2.75) is 0 Å². The Morgan fingerprint density at radius 3 is 1.63 bits per heavy atom. The molecule has 0 unspecified atom stereocenters. The van der Waals surface area contributed by atoms with Gasteiger partial charge in [-0.3, -0.25) is 0 Å². The summed E-state index contributed by atoms with van der Waals surface area (Å²) in [6.45, 7) is 0. The van der Waals surface area contributed by atoms with Crippen LogP contribution in [0.15, 0.2) is 186 Å². The van der Waals surface area contributed by atoms with Gasteiger partial charge in [0.2, 0.25) is 0 Å². The Morgan fingerprint density at radius 2 is 0.902 bits per heavy atom. The van der Waals surface area contributed by atoms with E-state index in [4.69, 9.17) is 14.4 Å². The Labute approximate surface area is 295 Å². The molecule has 0 aliphatic rings. The van der Waals surface area contributed by atoms with E-state index >= 15 is 0 Å². The summed E-state index contributed by atoms with van der Waals surface area (Å²) >= 11 is 0. The van der Waals surface area contributed by atoms with E-state index < -0.39 is 0 Å². The van der Waals surface area contributed by atoms with Gasteiger partial charge in [0, 0.05) is 27.5 Å². The molecule has 2 heterocycles. The lowest BCUT2D eigenvalue weighted by Gasteiger charge is -2.12. The van der Waals surface area contributed by atoms with Gasteiger partial charge in [0.1, 0.15) is 11.2 Å². The summed E-state index contributed by atoms with van der Waals surface area (Å²) in [4.78, 5) is 10.4. The van der Waals surface area contributed by atoms with Crippen LogP contribution in [-0.2, 0) is 0 Å². The average Bonchev–Trinajstić information content (AvgIpc) is 3.58. The summed E-state index contributed by atoms with van der Waals surface area (Å²) in [5.41, 5.74) is 10.9. The molecular formula is C48H30N2O. The first-order valence-corrected chi connectivity index (χ1v) is 17.2. The largest absolute Gasteiger partial charge is 0.455 e. The SMILES string of the molecule is c1ccc(-c2ccc3cc(-c4cc(-c5ccc(-c6ccccc6)c6c5oc5cc7ccccc7cc56)nc(-c5ccccc5)n4)ccc3c2)cc1. The summed E-state index contributed by atoms with van der Waals surface area (Å²) in [5.74, 6) is 0.671. The second kappa shape index (κ2) is 11.9. The van der Waals surface area contributed by atoms with Crippen LogP contribution in [0.4, 0.5) is 0 Å². The van der Waals surface area contributed by atoms with Crippen molar-refractivity contribution in [2.24, 2.45) is 0 Å². The third-order valence-corrected chi connectivity index (χ3v) is 9.85. The van der Waals surface area contributed by atoms with Crippen molar-refractivity contribution in [1.29, 1.82) is 0 Å². The first-order chi connectivity index (χ1) is 25.2. The predicted octanol–water partition coefficient (Wildman–Crippen LogP) is 13.0. The number of furan rings is 1. The van der Waals surface area contributed by atoms with Crippen molar-refractivity contribution >= 4 is 43.5 Å². The van der Waals surface area contributed by atoms with Crippen LogP contribution in [0, 0.1) is 0 Å². The van der Waals surface area contributed by atoms with E-state index in [0.717, 1.165) is 71.9 Å². The van der Waals surface area contributed by atoms with E-state index in [1.165, 1.54) is 21.9 Å². The molecule has 51 heavy (non-hydrogen) atoms. The van der Waals surface area contributed by atoms with E-state index in [1.807, 2.05) is 18.2 Å². The summed E-state index contributed by atoms with van der Waals surface area (Å²) in [7, 11) is 0. The van der Waals surface area contributed by atoms with Gasteiger partial charge >= 0.3 is 0 Å². The zero-order valence-electron chi connectivity index (χ0n) is 27.6. The molecule has 0 saturated heterocycles. The molecule has 10 aromatic rings. The molecule has 0 fully saturated rings. The van der Waals surface area contributed by atoms with Gasteiger partial charge in [0.15, 0.2) is 5.82 Å². The molecule has 0 amide bonds. The first kappa shape index (κ1) is 29.1. The lowest BCUT2D eigenvalue weighted by atomic mass is 9.95. The van der Waals surface area contributed by atoms with Crippen LogP contribution in [0.25, 0.3) is 99.6 Å². The minimum atomic E-state index is 0.671. The smallest absolute Gasteiger partial charge is 0.160 e. The number of hydrogen-bond donors (Lipinski definition) is 0.